The third-order valence-corrected chi connectivity index (χ3v) is 4.87. The molecule has 4 rings (SSSR count). The van der Waals surface area contributed by atoms with E-state index in [-0.39, 0.29) is 5.91 Å². The van der Waals surface area contributed by atoms with E-state index in [1.807, 2.05) is 36.4 Å². The lowest BCUT2D eigenvalue weighted by Crippen LogP contribution is -2.14. The van der Waals surface area contributed by atoms with Crippen molar-refractivity contribution in [3.63, 3.8) is 0 Å². The summed E-state index contributed by atoms with van der Waals surface area (Å²) in [5, 5.41) is 11.1. The van der Waals surface area contributed by atoms with Crippen LogP contribution < -0.4 is 5.32 Å². The van der Waals surface area contributed by atoms with E-state index in [0.29, 0.717) is 12.2 Å². The monoisotopic (exact) mass is 355 g/mol. The number of nitrogens with one attached hydrogen (secondary N) is 2. The molecule has 0 aliphatic rings. The van der Waals surface area contributed by atoms with Crippen molar-refractivity contribution < 1.29 is 4.79 Å². The number of fused-ring (bicyclic) bond motifs is 1. The van der Waals surface area contributed by atoms with Crippen molar-refractivity contribution in [1.29, 1.82) is 0 Å². The lowest BCUT2D eigenvalue weighted by Gasteiger charge is -2.06. The summed E-state index contributed by atoms with van der Waals surface area (Å²) in [6.07, 6.45) is 0.329. The van der Waals surface area contributed by atoms with Gasteiger partial charge in [0.1, 0.15) is 0 Å². The summed E-state index contributed by atoms with van der Waals surface area (Å²) in [4.78, 5) is 12.3. The number of rotatable bonds is 4. The Kier molecular flexibility index (Phi) is 4.47. The summed E-state index contributed by atoms with van der Waals surface area (Å²) in [6.45, 7) is 4.23. The fourth-order valence-corrected chi connectivity index (χ4v) is 3.17. The van der Waals surface area contributed by atoms with Crippen molar-refractivity contribution in [2.24, 2.45) is 0 Å². The largest absolute Gasteiger partial charge is 0.308 e. The fourth-order valence-electron chi connectivity index (χ4n) is 3.17. The summed E-state index contributed by atoms with van der Waals surface area (Å²) >= 11 is 0. The van der Waals surface area contributed by atoms with Crippen LogP contribution in [-0.2, 0) is 11.2 Å². The summed E-state index contributed by atoms with van der Waals surface area (Å²) in [5.41, 5.74) is 6.73. The Morgan fingerprint density at radius 3 is 2.44 bits per heavy atom. The van der Waals surface area contributed by atoms with E-state index in [1.54, 1.807) is 0 Å². The van der Waals surface area contributed by atoms with Crippen molar-refractivity contribution in [2.75, 3.05) is 5.32 Å². The molecule has 0 saturated carbocycles. The Balaban J connectivity index is 1.57. The first-order valence-electron chi connectivity index (χ1n) is 9.00. The maximum atomic E-state index is 12.3. The number of carbonyl (C=O) groups is 1. The smallest absolute Gasteiger partial charge is 0.230 e. The predicted molar refractivity (Wildman–Crippen MR) is 110 cm³/mol. The molecule has 0 aliphatic heterocycles. The van der Waals surface area contributed by atoms with Gasteiger partial charge in [-0.05, 0) is 53.8 Å². The molecular formula is C23H21N3O. The number of nitrogens with zero attached hydrogens (tertiary/aromatic N) is 1. The average Bonchev–Trinajstić information content (AvgIpc) is 3.06. The molecule has 1 amide bonds. The van der Waals surface area contributed by atoms with Gasteiger partial charge in [-0.1, -0.05) is 54.6 Å². The van der Waals surface area contributed by atoms with E-state index in [2.05, 4.69) is 59.7 Å². The van der Waals surface area contributed by atoms with Crippen molar-refractivity contribution in [2.45, 2.75) is 20.3 Å². The normalized spacial score (nSPS) is 10.9. The lowest BCUT2D eigenvalue weighted by molar-refractivity contribution is -0.115. The number of aromatic amines is 1. The molecule has 4 nitrogen and oxygen atoms in total. The fraction of sp³-hybridized carbons (Fsp3) is 0.130. The zero-order valence-electron chi connectivity index (χ0n) is 15.4. The van der Waals surface area contributed by atoms with E-state index in [9.17, 15) is 4.79 Å². The maximum Gasteiger partial charge on any atom is 0.230 e. The van der Waals surface area contributed by atoms with E-state index in [0.717, 1.165) is 22.0 Å². The molecule has 27 heavy (non-hydrogen) atoms. The SMILES string of the molecule is Cc1ccc(-c2ccc3c(NC(=O)Cc4ccccc4)n[nH]c3c2)cc1C. The number of amides is 1. The standard InChI is InChI=1S/C23H21N3O/c1-15-8-9-18(12-16(15)2)19-10-11-20-21(14-19)25-26-23(20)24-22(27)13-17-6-4-3-5-7-17/h3-12,14H,13H2,1-2H3,(H2,24,25,26,27). The van der Waals surface area contributed by atoms with Gasteiger partial charge < -0.3 is 5.32 Å². The van der Waals surface area contributed by atoms with E-state index >= 15 is 0 Å². The highest BCUT2D eigenvalue weighted by atomic mass is 16.1. The molecule has 134 valence electrons. The number of aromatic nitrogens is 2. The summed E-state index contributed by atoms with van der Waals surface area (Å²) in [5.74, 6) is 0.491. The number of H-pyrrole nitrogens is 1. The second-order valence-electron chi connectivity index (χ2n) is 6.84. The molecule has 1 heterocycles. The summed E-state index contributed by atoms with van der Waals surface area (Å²) in [7, 11) is 0. The molecule has 0 radical (unpaired) electrons. The highest BCUT2D eigenvalue weighted by Crippen LogP contribution is 2.28. The van der Waals surface area contributed by atoms with Crippen LogP contribution in [0.5, 0.6) is 0 Å². The van der Waals surface area contributed by atoms with Gasteiger partial charge in [-0.3, -0.25) is 9.89 Å². The molecule has 0 saturated heterocycles. The second-order valence-corrected chi connectivity index (χ2v) is 6.84. The van der Waals surface area contributed by atoms with Gasteiger partial charge in [-0.15, -0.1) is 0 Å². The third-order valence-electron chi connectivity index (χ3n) is 4.87. The number of hydrogen-bond acceptors (Lipinski definition) is 2. The minimum atomic E-state index is -0.0761. The highest BCUT2D eigenvalue weighted by Gasteiger charge is 2.11. The molecule has 0 fully saturated rings. The molecule has 3 aromatic carbocycles. The Morgan fingerprint density at radius 2 is 1.67 bits per heavy atom. The van der Waals surface area contributed by atoms with Gasteiger partial charge in [0.25, 0.3) is 0 Å². The van der Waals surface area contributed by atoms with Crippen LogP contribution in [0, 0.1) is 13.8 Å². The van der Waals surface area contributed by atoms with Crippen molar-refractivity contribution in [3.8, 4) is 11.1 Å². The molecule has 0 bridgehead atoms. The second kappa shape index (κ2) is 7.08. The van der Waals surface area contributed by atoms with Gasteiger partial charge in [0.05, 0.1) is 11.9 Å². The third kappa shape index (κ3) is 3.60. The topological polar surface area (TPSA) is 57.8 Å². The van der Waals surface area contributed by atoms with Crippen LogP contribution in [0.1, 0.15) is 16.7 Å². The van der Waals surface area contributed by atoms with Crippen LogP contribution in [0.25, 0.3) is 22.0 Å². The van der Waals surface area contributed by atoms with Crippen LogP contribution in [-0.4, -0.2) is 16.1 Å². The lowest BCUT2D eigenvalue weighted by atomic mass is 10.00. The Labute approximate surface area is 158 Å². The molecular weight excluding hydrogens is 334 g/mol. The Morgan fingerprint density at radius 1 is 0.926 bits per heavy atom. The highest BCUT2D eigenvalue weighted by molar-refractivity contribution is 6.01. The van der Waals surface area contributed by atoms with Crippen molar-refractivity contribution >= 4 is 22.6 Å². The number of anilines is 1. The summed E-state index contributed by atoms with van der Waals surface area (Å²) in [6, 6.07) is 22.3. The zero-order chi connectivity index (χ0) is 18.8. The number of benzene rings is 3. The first kappa shape index (κ1) is 17.0. The first-order valence-corrected chi connectivity index (χ1v) is 9.00. The van der Waals surface area contributed by atoms with Crippen LogP contribution in [0.15, 0.2) is 66.7 Å². The molecule has 4 heteroatoms. The van der Waals surface area contributed by atoms with Crippen LogP contribution in [0.3, 0.4) is 0 Å². The molecule has 0 unspecified atom stereocenters. The van der Waals surface area contributed by atoms with Gasteiger partial charge in [-0.2, -0.15) is 5.10 Å². The van der Waals surface area contributed by atoms with Gasteiger partial charge in [0.15, 0.2) is 5.82 Å². The Hall–Kier alpha value is -3.40. The van der Waals surface area contributed by atoms with Gasteiger partial charge in [-0.25, -0.2) is 0 Å². The minimum absolute atomic E-state index is 0.0761. The van der Waals surface area contributed by atoms with E-state index in [1.165, 1.54) is 16.7 Å². The van der Waals surface area contributed by atoms with Crippen LogP contribution in [0.2, 0.25) is 0 Å². The van der Waals surface area contributed by atoms with Gasteiger partial charge >= 0.3 is 0 Å². The number of carbonyl (C=O) groups excluding carboxylic acids is 1. The quantitative estimate of drug-likeness (QED) is 0.539. The first-order chi connectivity index (χ1) is 13.1. The minimum Gasteiger partial charge on any atom is -0.308 e. The molecule has 0 aliphatic carbocycles. The van der Waals surface area contributed by atoms with Gasteiger partial charge in [0.2, 0.25) is 5.91 Å². The van der Waals surface area contributed by atoms with E-state index in [4.69, 9.17) is 0 Å². The molecule has 4 aromatic rings. The average molecular weight is 355 g/mol. The predicted octanol–water partition coefficient (Wildman–Crippen LogP) is 5.03. The molecule has 1 aromatic heterocycles. The van der Waals surface area contributed by atoms with Crippen LogP contribution >= 0.6 is 0 Å². The summed E-state index contributed by atoms with van der Waals surface area (Å²) < 4.78 is 0. The van der Waals surface area contributed by atoms with E-state index < -0.39 is 0 Å². The zero-order valence-corrected chi connectivity index (χ0v) is 15.4. The molecule has 0 atom stereocenters. The molecule has 2 N–H and O–H groups in total. The number of hydrogen-bond donors (Lipinski definition) is 2. The van der Waals surface area contributed by atoms with Crippen molar-refractivity contribution in [1.82, 2.24) is 10.2 Å². The van der Waals surface area contributed by atoms with Crippen molar-refractivity contribution in [3.05, 3.63) is 83.4 Å². The Bertz CT molecular complexity index is 1110. The number of aryl methyl sites for hydroxylation is 2. The maximum absolute atomic E-state index is 12.3. The molecule has 0 spiro atoms. The van der Waals surface area contributed by atoms with Crippen LogP contribution in [0.4, 0.5) is 5.82 Å². The van der Waals surface area contributed by atoms with Gasteiger partial charge in [0, 0.05) is 5.39 Å².